The molecule has 0 amide bonds. The van der Waals surface area contributed by atoms with E-state index in [-0.39, 0.29) is 12.4 Å². The number of benzene rings is 1. The van der Waals surface area contributed by atoms with Crippen molar-refractivity contribution in [2.24, 2.45) is 0 Å². The zero-order valence-electron chi connectivity index (χ0n) is 13.8. The van der Waals surface area contributed by atoms with E-state index < -0.39 is 0 Å². The summed E-state index contributed by atoms with van der Waals surface area (Å²) in [6.45, 7) is 9.67. The molecule has 2 aromatic rings. The molecule has 1 aliphatic rings. The van der Waals surface area contributed by atoms with Gasteiger partial charge in [-0.3, -0.25) is 4.90 Å². The van der Waals surface area contributed by atoms with Crippen LogP contribution in [0.4, 0.5) is 0 Å². The summed E-state index contributed by atoms with van der Waals surface area (Å²) in [5.41, 5.74) is 3.42. The molecule has 1 fully saturated rings. The summed E-state index contributed by atoms with van der Waals surface area (Å²) in [5, 5.41) is 8.92. The molecule has 0 saturated carbocycles. The first-order valence-electron chi connectivity index (χ1n) is 7.81. The van der Waals surface area contributed by atoms with Gasteiger partial charge in [0, 0.05) is 48.5 Å². The Balaban J connectivity index is 0.00000192. The first-order chi connectivity index (χ1) is 10.5. The van der Waals surface area contributed by atoms with Crippen LogP contribution in [-0.2, 0) is 6.54 Å². The summed E-state index contributed by atoms with van der Waals surface area (Å²) < 4.78 is 1.94. The van der Waals surface area contributed by atoms with Crippen molar-refractivity contribution >= 4 is 24.0 Å². The van der Waals surface area contributed by atoms with E-state index >= 15 is 0 Å². The minimum atomic E-state index is 0. The third-order valence-corrected chi connectivity index (χ3v) is 4.61. The molecular weight excluding hydrogens is 331 g/mol. The molecule has 1 N–H and O–H groups in total. The molecule has 0 radical (unpaired) electrons. The van der Waals surface area contributed by atoms with Crippen LogP contribution in [-0.4, -0.2) is 39.9 Å². The normalized spacial score (nSPS) is 21.9. The Bertz CT molecular complexity index is 639. The van der Waals surface area contributed by atoms with Crippen LogP contribution in [0.3, 0.4) is 0 Å². The van der Waals surface area contributed by atoms with Crippen LogP contribution in [0, 0.1) is 6.92 Å². The fraction of sp³-hybridized carbons (Fsp3) is 0.471. The Kier molecular flexibility index (Phi) is 6.09. The fourth-order valence-electron chi connectivity index (χ4n) is 2.91. The third-order valence-electron chi connectivity index (χ3n) is 4.36. The molecule has 0 bridgehead atoms. The number of rotatable bonds is 3. The zero-order valence-corrected chi connectivity index (χ0v) is 15.4. The number of aryl methyl sites for hydroxylation is 1. The highest BCUT2D eigenvalue weighted by Crippen LogP contribution is 2.18. The standard InChI is InChI=1S/C17H23ClN4.ClH/c1-12-9-21(13(2)8-19-12)10-15-11-22(20-14(15)3)17-6-4-16(18)5-7-17;/h4-7,11-13,19H,8-10H2,1-3H3;1H. The quantitative estimate of drug-likeness (QED) is 0.916. The molecule has 4 nitrogen and oxygen atoms in total. The highest BCUT2D eigenvalue weighted by Gasteiger charge is 2.23. The van der Waals surface area contributed by atoms with Crippen molar-refractivity contribution in [3.05, 3.63) is 46.7 Å². The molecule has 2 atom stereocenters. The van der Waals surface area contributed by atoms with Gasteiger partial charge >= 0.3 is 0 Å². The van der Waals surface area contributed by atoms with E-state index in [1.807, 2.05) is 28.9 Å². The van der Waals surface area contributed by atoms with E-state index in [1.54, 1.807) is 0 Å². The molecule has 0 aliphatic carbocycles. The zero-order chi connectivity index (χ0) is 15.7. The predicted octanol–water partition coefficient (Wildman–Crippen LogP) is 3.44. The van der Waals surface area contributed by atoms with E-state index in [0.717, 1.165) is 36.0 Å². The minimum absolute atomic E-state index is 0. The van der Waals surface area contributed by atoms with Crippen molar-refractivity contribution in [1.29, 1.82) is 0 Å². The van der Waals surface area contributed by atoms with Crippen LogP contribution in [0.2, 0.25) is 5.02 Å². The number of hydrogen-bond donors (Lipinski definition) is 1. The largest absolute Gasteiger partial charge is 0.311 e. The van der Waals surface area contributed by atoms with Crippen molar-refractivity contribution in [3.63, 3.8) is 0 Å². The Hall–Kier alpha value is -1.07. The van der Waals surface area contributed by atoms with Gasteiger partial charge < -0.3 is 5.32 Å². The van der Waals surface area contributed by atoms with Crippen molar-refractivity contribution in [2.45, 2.75) is 39.4 Å². The van der Waals surface area contributed by atoms with Crippen molar-refractivity contribution < 1.29 is 0 Å². The van der Waals surface area contributed by atoms with E-state index in [1.165, 1.54) is 5.56 Å². The van der Waals surface area contributed by atoms with E-state index in [0.29, 0.717) is 12.1 Å². The Labute approximate surface area is 149 Å². The van der Waals surface area contributed by atoms with Crippen LogP contribution >= 0.6 is 24.0 Å². The van der Waals surface area contributed by atoms with Gasteiger partial charge in [-0.05, 0) is 45.0 Å². The molecule has 2 heterocycles. The lowest BCUT2D eigenvalue weighted by Crippen LogP contribution is -2.53. The number of nitrogens with one attached hydrogen (secondary N) is 1. The van der Waals surface area contributed by atoms with Gasteiger partial charge in [0.25, 0.3) is 0 Å². The number of hydrogen-bond acceptors (Lipinski definition) is 3. The maximum Gasteiger partial charge on any atom is 0.0646 e. The lowest BCUT2D eigenvalue weighted by atomic mass is 10.1. The highest BCUT2D eigenvalue weighted by atomic mass is 35.5. The third kappa shape index (κ3) is 4.27. The molecule has 23 heavy (non-hydrogen) atoms. The molecule has 1 saturated heterocycles. The second-order valence-electron chi connectivity index (χ2n) is 6.25. The average Bonchev–Trinajstić information content (AvgIpc) is 2.85. The second-order valence-corrected chi connectivity index (χ2v) is 6.68. The summed E-state index contributed by atoms with van der Waals surface area (Å²) in [7, 11) is 0. The van der Waals surface area contributed by atoms with Gasteiger partial charge in [0.15, 0.2) is 0 Å². The molecule has 1 aromatic carbocycles. The molecule has 6 heteroatoms. The number of halogens is 2. The SMILES string of the molecule is Cc1nn(-c2ccc(Cl)cc2)cc1CN1CC(C)NCC1C.Cl. The lowest BCUT2D eigenvalue weighted by Gasteiger charge is -2.37. The monoisotopic (exact) mass is 354 g/mol. The van der Waals surface area contributed by atoms with Crippen LogP contribution in [0.25, 0.3) is 5.69 Å². The summed E-state index contributed by atoms with van der Waals surface area (Å²) in [6, 6.07) is 8.88. The molecule has 1 aliphatic heterocycles. The summed E-state index contributed by atoms with van der Waals surface area (Å²) in [5.74, 6) is 0. The van der Waals surface area contributed by atoms with Gasteiger partial charge in [-0.25, -0.2) is 4.68 Å². The fourth-order valence-corrected chi connectivity index (χ4v) is 3.04. The molecule has 1 aromatic heterocycles. The first kappa shape index (κ1) is 18.3. The Morgan fingerprint density at radius 1 is 1.26 bits per heavy atom. The van der Waals surface area contributed by atoms with Gasteiger partial charge in [-0.1, -0.05) is 11.6 Å². The maximum absolute atomic E-state index is 5.95. The van der Waals surface area contributed by atoms with Crippen molar-refractivity contribution in [1.82, 2.24) is 20.0 Å². The van der Waals surface area contributed by atoms with Crippen LogP contribution < -0.4 is 5.32 Å². The average molecular weight is 355 g/mol. The van der Waals surface area contributed by atoms with Gasteiger partial charge in [-0.15, -0.1) is 12.4 Å². The Morgan fingerprint density at radius 3 is 2.65 bits per heavy atom. The summed E-state index contributed by atoms with van der Waals surface area (Å²) >= 11 is 5.95. The molecule has 3 rings (SSSR count). The second kappa shape index (κ2) is 7.67. The van der Waals surface area contributed by atoms with E-state index in [2.05, 4.69) is 42.3 Å². The molecule has 126 valence electrons. The minimum Gasteiger partial charge on any atom is -0.311 e. The molecule has 0 spiro atoms. The number of aromatic nitrogens is 2. The lowest BCUT2D eigenvalue weighted by molar-refractivity contribution is 0.138. The van der Waals surface area contributed by atoms with Gasteiger partial charge in [-0.2, -0.15) is 5.10 Å². The first-order valence-corrected chi connectivity index (χ1v) is 8.19. The van der Waals surface area contributed by atoms with Crippen LogP contribution in [0.5, 0.6) is 0 Å². The van der Waals surface area contributed by atoms with Gasteiger partial charge in [0.2, 0.25) is 0 Å². The number of piperazine rings is 1. The highest BCUT2D eigenvalue weighted by molar-refractivity contribution is 6.30. The molecular formula is C17H24Cl2N4. The smallest absolute Gasteiger partial charge is 0.0646 e. The van der Waals surface area contributed by atoms with Crippen molar-refractivity contribution in [2.75, 3.05) is 13.1 Å². The summed E-state index contributed by atoms with van der Waals surface area (Å²) in [4.78, 5) is 2.53. The predicted molar refractivity (Wildman–Crippen MR) is 97.9 cm³/mol. The number of nitrogens with zero attached hydrogens (tertiary/aromatic N) is 3. The Morgan fingerprint density at radius 2 is 1.96 bits per heavy atom. The summed E-state index contributed by atoms with van der Waals surface area (Å²) in [6.07, 6.45) is 2.14. The van der Waals surface area contributed by atoms with Gasteiger partial charge in [0.05, 0.1) is 11.4 Å². The topological polar surface area (TPSA) is 33.1 Å². The van der Waals surface area contributed by atoms with Gasteiger partial charge in [0.1, 0.15) is 0 Å². The van der Waals surface area contributed by atoms with E-state index in [4.69, 9.17) is 11.6 Å². The van der Waals surface area contributed by atoms with Crippen LogP contribution in [0.1, 0.15) is 25.1 Å². The van der Waals surface area contributed by atoms with Crippen LogP contribution in [0.15, 0.2) is 30.5 Å². The maximum atomic E-state index is 5.95. The van der Waals surface area contributed by atoms with Crippen molar-refractivity contribution in [3.8, 4) is 5.69 Å². The van der Waals surface area contributed by atoms with E-state index in [9.17, 15) is 0 Å². The molecule has 2 unspecified atom stereocenters.